The van der Waals surface area contributed by atoms with Gasteiger partial charge in [-0.3, -0.25) is 0 Å². The topological polar surface area (TPSA) is 134 Å². The van der Waals surface area contributed by atoms with Gasteiger partial charge in [-0.25, -0.2) is 0 Å². The second kappa shape index (κ2) is 36.5. The molecule has 2 N–H and O–H groups in total. The lowest BCUT2D eigenvalue weighted by atomic mass is 10.6. The first-order chi connectivity index (χ1) is 18.9. The van der Waals surface area contributed by atoms with Gasteiger partial charge in [0.05, 0.1) is 152 Å². The molecular formula is C25H53NO12. The van der Waals surface area contributed by atoms with Crippen molar-refractivity contribution in [3.8, 4) is 0 Å². The summed E-state index contributed by atoms with van der Waals surface area (Å²) in [5.41, 5.74) is 0. The lowest BCUT2D eigenvalue weighted by Crippen LogP contribution is -2.17. The molecule has 0 bridgehead atoms. The predicted molar refractivity (Wildman–Crippen MR) is 140 cm³/mol. The number of hydrogen-bond acceptors (Lipinski definition) is 13. The van der Waals surface area contributed by atoms with E-state index in [1.54, 1.807) is 0 Å². The van der Waals surface area contributed by atoms with Gasteiger partial charge in [-0.15, -0.1) is 0 Å². The zero-order chi connectivity index (χ0) is 27.5. The molecule has 0 spiro atoms. The molecule has 230 valence electrons. The van der Waals surface area contributed by atoms with Crippen LogP contribution in [0.3, 0.4) is 0 Å². The molecule has 0 amide bonds. The second-order valence-corrected chi connectivity index (χ2v) is 7.56. The SMILES string of the molecule is CNCCOCCOCCOCCOCCOCCOCCOCCOCCOCCOCCOCCO. The Morgan fingerprint density at radius 1 is 0.316 bits per heavy atom. The smallest absolute Gasteiger partial charge is 0.0701 e. The highest BCUT2D eigenvalue weighted by Crippen LogP contribution is 1.87. The van der Waals surface area contributed by atoms with E-state index in [9.17, 15) is 0 Å². The highest BCUT2D eigenvalue weighted by Gasteiger charge is 1.96. The van der Waals surface area contributed by atoms with Gasteiger partial charge in [0.1, 0.15) is 0 Å². The Kier molecular flexibility index (Phi) is 36.0. The maximum atomic E-state index is 8.56. The van der Waals surface area contributed by atoms with Crippen LogP contribution in [-0.2, 0) is 52.1 Å². The number of nitrogens with one attached hydrogen (secondary N) is 1. The summed E-state index contributed by atoms with van der Waals surface area (Å²) in [6.07, 6.45) is 0. The number of aliphatic hydroxyl groups excluding tert-OH is 1. The van der Waals surface area contributed by atoms with Crippen molar-refractivity contribution in [3.63, 3.8) is 0 Å². The second-order valence-electron chi connectivity index (χ2n) is 7.56. The van der Waals surface area contributed by atoms with Crippen molar-refractivity contribution in [1.29, 1.82) is 0 Å². The molecule has 0 aromatic heterocycles. The number of rotatable bonds is 35. The summed E-state index contributed by atoms with van der Waals surface area (Å²) in [4.78, 5) is 0. The molecule has 0 aromatic carbocycles. The van der Waals surface area contributed by atoms with Crippen LogP contribution in [0.2, 0.25) is 0 Å². The van der Waals surface area contributed by atoms with Crippen LogP contribution in [-0.4, -0.2) is 171 Å². The molecule has 0 aromatic rings. The summed E-state index contributed by atoms with van der Waals surface area (Å²) in [5, 5.41) is 11.6. The fraction of sp³-hybridized carbons (Fsp3) is 1.00. The van der Waals surface area contributed by atoms with Gasteiger partial charge in [0.2, 0.25) is 0 Å². The van der Waals surface area contributed by atoms with Gasteiger partial charge >= 0.3 is 0 Å². The first-order valence-corrected chi connectivity index (χ1v) is 13.5. The van der Waals surface area contributed by atoms with E-state index in [0.29, 0.717) is 145 Å². The molecule has 0 saturated carbocycles. The van der Waals surface area contributed by atoms with Gasteiger partial charge in [0, 0.05) is 6.54 Å². The molecule has 0 aliphatic heterocycles. The largest absolute Gasteiger partial charge is 0.394 e. The lowest BCUT2D eigenvalue weighted by Gasteiger charge is -2.09. The Bertz CT molecular complexity index is 377. The van der Waals surface area contributed by atoms with E-state index in [1.807, 2.05) is 7.05 Å². The maximum absolute atomic E-state index is 8.56. The highest BCUT2D eigenvalue weighted by molar-refractivity contribution is 4.39. The fourth-order valence-corrected chi connectivity index (χ4v) is 2.54. The van der Waals surface area contributed by atoms with Crippen LogP contribution >= 0.6 is 0 Å². The zero-order valence-electron chi connectivity index (χ0n) is 23.4. The van der Waals surface area contributed by atoms with Gasteiger partial charge in [-0.2, -0.15) is 0 Å². The van der Waals surface area contributed by atoms with Gasteiger partial charge in [-0.05, 0) is 7.05 Å². The molecule has 13 nitrogen and oxygen atoms in total. The van der Waals surface area contributed by atoms with Crippen molar-refractivity contribution in [2.24, 2.45) is 0 Å². The normalized spacial score (nSPS) is 11.5. The first-order valence-electron chi connectivity index (χ1n) is 13.5. The summed E-state index contributed by atoms with van der Waals surface area (Å²) in [6.45, 7) is 12.3. The minimum atomic E-state index is 0.0276. The van der Waals surface area contributed by atoms with Crippen LogP contribution in [0.5, 0.6) is 0 Å². The summed E-state index contributed by atoms with van der Waals surface area (Å²) >= 11 is 0. The minimum Gasteiger partial charge on any atom is -0.394 e. The quantitative estimate of drug-likeness (QED) is 0.0957. The molecule has 0 saturated heterocycles. The summed E-state index contributed by atoms with van der Waals surface area (Å²) < 4.78 is 59.2. The van der Waals surface area contributed by atoms with E-state index in [4.69, 9.17) is 57.2 Å². The number of ether oxygens (including phenoxy) is 11. The Labute approximate surface area is 228 Å². The van der Waals surface area contributed by atoms with Crippen LogP contribution in [0.4, 0.5) is 0 Å². The van der Waals surface area contributed by atoms with Crippen molar-refractivity contribution in [2.45, 2.75) is 0 Å². The fourth-order valence-electron chi connectivity index (χ4n) is 2.54. The highest BCUT2D eigenvalue weighted by atomic mass is 16.6. The van der Waals surface area contributed by atoms with Crippen molar-refractivity contribution < 1.29 is 57.2 Å². The predicted octanol–water partition coefficient (Wildman–Crippen LogP) is -0.619. The summed E-state index contributed by atoms with van der Waals surface area (Å²) in [5.74, 6) is 0. The van der Waals surface area contributed by atoms with E-state index in [-0.39, 0.29) is 6.61 Å². The van der Waals surface area contributed by atoms with Crippen molar-refractivity contribution in [3.05, 3.63) is 0 Å². The standard InChI is InChI=1S/C25H53NO12/c1-26-2-4-28-6-8-30-10-12-32-14-16-34-18-20-36-22-24-38-25-23-37-21-19-35-17-15-33-13-11-31-9-7-29-5-3-27/h26-27H,2-25H2,1H3. The molecule has 0 aliphatic carbocycles. The zero-order valence-corrected chi connectivity index (χ0v) is 23.4. The number of aliphatic hydroxyl groups is 1. The third kappa shape index (κ3) is 35.5. The third-order valence-corrected chi connectivity index (χ3v) is 4.45. The van der Waals surface area contributed by atoms with Gasteiger partial charge in [0.15, 0.2) is 0 Å². The molecule has 0 radical (unpaired) electrons. The van der Waals surface area contributed by atoms with Crippen molar-refractivity contribution in [1.82, 2.24) is 5.32 Å². The van der Waals surface area contributed by atoms with E-state index >= 15 is 0 Å². The molecule has 0 fully saturated rings. The average molecular weight is 560 g/mol. The molecule has 13 heteroatoms. The van der Waals surface area contributed by atoms with Crippen LogP contribution < -0.4 is 5.32 Å². The molecule has 0 unspecified atom stereocenters. The van der Waals surface area contributed by atoms with Crippen LogP contribution in [0.1, 0.15) is 0 Å². The van der Waals surface area contributed by atoms with Crippen LogP contribution in [0.15, 0.2) is 0 Å². The summed E-state index contributed by atoms with van der Waals surface area (Å²) in [7, 11) is 1.89. The number of hydrogen-bond donors (Lipinski definition) is 2. The Morgan fingerprint density at radius 2 is 0.500 bits per heavy atom. The molecule has 0 heterocycles. The Morgan fingerprint density at radius 3 is 0.684 bits per heavy atom. The van der Waals surface area contributed by atoms with Crippen LogP contribution in [0.25, 0.3) is 0 Å². The van der Waals surface area contributed by atoms with Gasteiger partial charge in [0.25, 0.3) is 0 Å². The van der Waals surface area contributed by atoms with E-state index in [0.717, 1.165) is 6.54 Å². The Balaban J connectivity index is 3.01. The molecule has 0 aliphatic rings. The molecule has 38 heavy (non-hydrogen) atoms. The summed E-state index contributed by atoms with van der Waals surface area (Å²) in [6, 6.07) is 0. The molecule has 0 atom stereocenters. The molecule has 0 rings (SSSR count). The van der Waals surface area contributed by atoms with E-state index in [1.165, 1.54) is 0 Å². The van der Waals surface area contributed by atoms with E-state index < -0.39 is 0 Å². The number of likely N-dealkylation sites (N-methyl/N-ethyl adjacent to an activating group) is 1. The lowest BCUT2D eigenvalue weighted by molar-refractivity contribution is -0.0277. The average Bonchev–Trinajstić information content (AvgIpc) is 2.93. The molecular weight excluding hydrogens is 506 g/mol. The van der Waals surface area contributed by atoms with Gasteiger partial charge < -0.3 is 62.5 Å². The van der Waals surface area contributed by atoms with E-state index in [2.05, 4.69) is 5.32 Å². The first kappa shape index (κ1) is 37.5. The van der Waals surface area contributed by atoms with Crippen molar-refractivity contribution in [2.75, 3.05) is 166 Å². The Hall–Kier alpha value is -0.520. The van der Waals surface area contributed by atoms with Gasteiger partial charge in [-0.1, -0.05) is 0 Å². The maximum Gasteiger partial charge on any atom is 0.0701 e. The third-order valence-electron chi connectivity index (χ3n) is 4.45. The minimum absolute atomic E-state index is 0.0276. The van der Waals surface area contributed by atoms with Crippen LogP contribution in [0, 0.1) is 0 Å². The monoisotopic (exact) mass is 559 g/mol. The van der Waals surface area contributed by atoms with Crippen molar-refractivity contribution >= 4 is 0 Å².